The zero-order valence-corrected chi connectivity index (χ0v) is 25.2. The van der Waals surface area contributed by atoms with Crippen molar-refractivity contribution in [3.8, 4) is 22.5 Å². The van der Waals surface area contributed by atoms with E-state index in [1.165, 1.54) is 55.1 Å². The summed E-state index contributed by atoms with van der Waals surface area (Å²) in [5, 5.41) is 3.70. The van der Waals surface area contributed by atoms with Gasteiger partial charge in [0.15, 0.2) is 0 Å². The Kier molecular flexibility index (Phi) is 6.54. The van der Waals surface area contributed by atoms with Crippen LogP contribution < -0.4 is 0 Å². The maximum atomic E-state index is 4.26. The van der Waals surface area contributed by atoms with Gasteiger partial charge >= 0.3 is 0 Å². The van der Waals surface area contributed by atoms with Gasteiger partial charge in [-0.15, -0.1) is 0 Å². The Morgan fingerprint density at radius 2 is 1.07 bits per heavy atom. The summed E-state index contributed by atoms with van der Waals surface area (Å²) in [7, 11) is 0. The third-order valence-electron chi connectivity index (χ3n) is 8.93. The lowest BCUT2D eigenvalue weighted by atomic mass is 9.99. The van der Waals surface area contributed by atoms with Crippen LogP contribution in [-0.2, 0) is 0 Å². The minimum atomic E-state index is 1.10. The summed E-state index contributed by atoms with van der Waals surface area (Å²) in [5.41, 5.74) is 13.0. The number of nitrogens with zero attached hydrogens (tertiary/aromatic N) is 2. The topological polar surface area (TPSA) is 9.86 Å². The van der Waals surface area contributed by atoms with Crippen molar-refractivity contribution in [1.82, 2.24) is 9.13 Å². The molecule has 2 aromatic heterocycles. The monoisotopic (exact) mass is 576 g/mol. The second kappa shape index (κ2) is 11.0. The molecule has 0 saturated heterocycles. The molecule has 0 aliphatic rings. The molecule has 0 N–H and O–H groups in total. The molecule has 2 heterocycles. The van der Waals surface area contributed by atoms with Gasteiger partial charge in [0.1, 0.15) is 0 Å². The van der Waals surface area contributed by atoms with Crippen molar-refractivity contribution in [2.75, 3.05) is 0 Å². The van der Waals surface area contributed by atoms with E-state index in [0.29, 0.717) is 0 Å². The molecule has 0 spiro atoms. The Morgan fingerprint density at radius 3 is 1.78 bits per heavy atom. The van der Waals surface area contributed by atoms with Crippen molar-refractivity contribution in [2.45, 2.75) is 6.92 Å². The highest BCUT2D eigenvalue weighted by Crippen LogP contribution is 2.37. The van der Waals surface area contributed by atoms with Crippen LogP contribution in [0.1, 0.15) is 16.8 Å². The van der Waals surface area contributed by atoms with Crippen molar-refractivity contribution < 1.29 is 0 Å². The zero-order valence-electron chi connectivity index (χ0n) is 25.2. The maximum Gasteiger partial charge on any atom is 0.0541 e. The van der Waals surface area contributed by atoms with Crippen molar-refractivity contribution >= 4 is 44.4 Å². The predicted octanol–water partition coefficient (Wildman–Crippen LogP) is 11.4. The molecule has 0 amide bonds. The fraction of sp³-hybridized carbons (Fsp3) is 0.0233. The van der Waals surface area contributed by atoms with E-state index in [-0.39, 0.29) is 0 Å². The number of hydrogen-bond acceptors (Lipinski definition) is 0. The Hall–Kier alpha value is -5.86. The van der Waals surface area contributed by atoms with Gasteiger partial charge in [0, 0.05) is 38.8 Å². The molecule has 0 fully saturated rings. The van der Waals surface area contributed by atoms with Crippen molar-refractivity contribution in [3.63, 3.8) is 0 Å². The van der Waals surface area contributed by atoms with E-state index in [1.54, 1.807) is 0 Å². The molecular formula is C43H32N2. The van der Waals surface area contributed by atoms with Crippen LogP contribution in [0.25, 0.3) is 66.9 Å². The largest absolute Gasteiger partial charge is 0.313 e. The highest BCUT2D eigenvalue weighted by atomic mass is 15.0. The molecule has 2 heteroatoms. The van der Waals surface area contributed by atoms with Gasteiger partial charge in [-0.2, -0.15) is 0 Å². The summed E-state index contributed by atoms with van der Waals surface area (Å²) in [4.78, 5) is 0. The first-order valence-corrected chi connectivity index (χ1v) is 15.4. The highest BCUT2D eigenvalue weighted by Gasteiger charge is 2.16. The fourth-order valence-electron chi connectivity index (χ4n) is 6.76. The third kappa shape index (κ3) is 4.51. The Labute approximate surface area is 263 Å². The van der Waals surface area contributed by atoms with Crippen LogP contribution in [0, 0.1) is 6.92 Å². The zero-order chi connectivity index (χ0) is 30.3. The Bertz CT molecular complexity index is 2370. The van der Waals surface area contributed by atoms with Crippen LogP contribution in [0.3, 0.4) is 0 Å². The maximum absolute atomic E-state index is 4.26. The second-order valence-electron chi connectivity index (χ2n) is 11.5. The van der Waals surface area contributed by atoms with E-state index in [1.807, 2.05) is 6.08 Å². The second-order valence-corrected chi connectivity index (χ2v) is 11.5. The molecule has 0 aliphatic heterocycles. The van der Waals surface area contributed by atoms with Crippen LogP contribution in [0.2, 0.25) is 0 Å². The average Bonchev–Trinajstić information content (AvgIpc) is 3.58. The van der Waals surface area contributed by atoms with Crippen LogP contribution in [0.4, 0.5) is 0 Å². The van der Waals surface area contributed by atoms with E-state index in [2.05, 4.69) is 180 Å². The Morgan fingerprint density at radius 1 is 0.511 bits per heavy atom. The number of rotatable bonds is 6. The van der Waals surface area contributed by atoms with Crippen LogP contribution in [-0.4, -0.2) is 9.13 Å². The summed E-state index contributed by atoms with van der Waals surface area (Å²) in [6.07, 6.45) is 4.28. The third-order valence-corrected chi connectivity index (χ3v) is 8.93. The predicted molar refractivity (Wildman–Crippen MR) is 192 cm³/mol. The molecule has 8 aromatic rings. The molecule has 8 rings (SSSR count). The molecule has 0 radical (unpaired) electrons. The smallest absolute Gasteiger partial charge is 0.0541 e. The standard InChI is InChI=1S/C43H32N2/c1-3-31(28-39-30(2)44(35-16-8-5-9-17-35)41-20-12-10-18-37(39)41)34-24-27-43-40(29-34)38-19-11-13-21-42(38)45(43)36-25-22-33(23-26-36)32-14-6-4-7-15-32/h3-29H,1H2,2H3/b31-28+. The molecule has 6 aromatic carbocycles. The molecule has 45 heavy (non-hydrogen) atoms. The molecule has 214 valence electrons. The van der Waals surface area contributed by atoms with Gasteiger partial charge in [0.05, 0.1) is 16.6 Å². The van der Waals surface area contributed by atoms with E-state index in [4.69, 9.17) is 0 Å². The van der Waals surface area contributed by atoms with Crippen molar-refractivity contribution in [3.05, 3.63) is 181 Å². The summed E-state index contributed by atoms with van der Waals surface area (Å²) in [6, 6.07) is 54.2. The Balaban J connectivity index is 1.27. The quantitative estimate of drug-likeness (QED) is 0.174. The van der Waals surface area contributed by atoms with Gasteiger partial charge in [-0.25, -0.2) is 0 Å². The van der Waals surface area contributed by atoms with Gasteiger partial charge in [-0.05, 0) is 83.8 Å². The minimum Gasteiger partial charge on any atom is -0.313 e. The number of fused-ring (bicyclic) bond motifs is 4. The van der Waals surface area contributed by atoms with E-state index in [9.17, 15) is 0 Å². The lowest BCUT2D eigenvalue weighted by Crippen LogP contribution is -1.96. The molecule has 0 bridgehead atoms. The minimum absolute atomic E-state index is 1.10. The SMILES string of the molecule is C=C/C(=C\c1c(C)n(-c2ccccc2)c2ccccc12)c1ccc2c(c1)c1ccccc1n2-c1ccc(-c2ccccc2)cc1. The summed E-state index contributed by atoms with van der Waals surface area (Å²) in [5.74, 6) is 0. The molecule has 2 nitrogen and oxygen atoms in total. The number of allylic oxidation sites excluding steroid dienone is 2. The number of aromatic nitrogens is 2. The first kappa shape index (κ1) is 26.7. The molecule has 0 aliphatic carbocycles. The lowest BCUT2D eigenvalue weighted by molar-refractivity contribution is 1.05. The van der Waals surface area contributed by atoms with E-state index < -0.39 is 0 Å². The first-order valence-electron chi connectivity index (χ1n) is 15.4. The van der Waals surface area contributed by atoms with Crippen molar-refractivity contribution in [2.24, 2.45) is 0 Å². The summed E-state index contributed by atoms with van der Waals surface area (Å²) >= 11 is 0. The lowest BCUT2D eigenvalue weighted by Gasteiger charge is -2.10. The number of hydrogen-bond donors (Lipinski definition) is 0. The molecule has 0 unspecified atom stereocenters. The first-order chi connectivity index (χ1) is 22.2. The summed E-state index contributed by atoms with van der Waals surface area (Å²) < 4.78 is 4.72. The highest BCUT2D eigenvalue weighted by molar-refractivity contribution is 6.11. The summed E-state index contributed by atoms with van der Waals surface area (Å²) in [6.45, 7) is 6.46. The van der Waals surface area contributed by atoms with E-state index >= 15 is 0 Å². The molecule has 0 saturated carbocycles. The van der Waals surface area contributed by atoms with Gasteiger partial charge < -0.3 is 9.13 Å². The van der Waals surface area contributed by atoms with Crippen LogP contribution in [0.15, 0.2) is 164 Å². The van der Waals surface area contributed by atoms with Gasteiger partial charge in [-0.1, -0.05) is 116 Å². The van der Waals surface area contributed by atoms with Gasteiger partial charge in [0.2, 0.25) is 0 Å². The van der Waals surface area contributed by atoms with Gasteiger partial charge in [-0.3, -0.25) is 0 Å². The number of para-hydroxylation sites is 3. The normalized spacial score (nSPS) is 11.9. The van der Waals surface area contributed by atoms with Crippen LogP contribution in [0.5, 0.6) is 0 Å². The fourth-order valence-corrected chi connectivity index (χ4v) is 6.76. The average molecular weight is 577 g/mol. The van der Waals surface area contributed by atoms with E-state index in [0.717, 1.165) is 22.5 Å². The number of benzene rings is 6. The van der Waals surface area contributed by atoms with Crippen LogP contribution >= 0.6 is 0 Å². The van der Waals surface area contributed by atoms with Gasteiger partial charge in [0.25, 0.3) is 0 Å². The molecule has 0 atom stereocenters. The molecular weight excluding hydrogens is 544 g/mol. The van der Waals surface area contributed by atoms with Crippen molar-refractivity contribution in [1.29, 1.82) is 0 Å².